The Morgan fingerprint density at radius 2 is 1.90 bits per heavy atom. The third kappa shape index (κ3) is 2.00. The highest BCUT2D eigenvalue weighted by molar-refractivity contribution is 9.10. The number of fused-ring (bicyclic) bond motifs is 1. The van der Waals surface area contributed by atoms with E-state index in [9.17, 15) is 5.26 Å². The maximum Gasteiger partial charge on any atom is 0.101 e. The predicted octanol–water partition coefficient (Wildman–Crippen LogP) is 4.28. The van der Waals surface area contributed by atoms with Gasteiger partial charge in [0.05, 0.1) is 22.3 Å². The molecule has 0 aliphatic carbocycles. The van der Waals surface area contributed by atoms with Gasteiger partial charge in [-0.15, -0.1) is 0 Å². The third-order valence-corrected chi connectivity index (χ3v) is 3.99. The van der Waals surface area contributed by atoms with E-state index in [4.69, 9.17) is 0 Å². The molecule has 0 atom stereocenters. The zero-order valence-electron chi connectivity index (χ0n) is 11.2. The minimum Gasteiger partial charge on any atom is -0.297 e. The summed E-state index contributed by atoms with van der Waals surface area (Å²) in [6.45, 7) is 4.16. The highest BCUT2D eigenvalue weighted by Gasteiger charge is 2.10. The Hall–Kier alpha value is -2.12. The van der Waals surface area contributed by atoms with Gasteiger partial charge in [-0.05, 0) is 55.3 Å². The minimum atomic E-state index is 0.622. The summed E-state index contributed by atoms with van der Waals surface area (Å²) < 4.78 is 2.86. The number of rotatable bonds is 1. The number of halogens is 1. The van der Waals surface area contributed by atoms with E-state index in [2.05, 4.69) is 53.0 Å². The molecular formula is C16H12BrN3. The van der Waals surface area contributed by atoms with Crippen LogP contribution < -0.4 is 0 Å². The normalized spacial score (nSPS) is 10.7. The van der Waals surface area contributed by atoms with Crippen LogP contribution in [0.2, 0.25) is 0 Å². The minimum absolute atomic E-state index is 0.622. The largest absolute Gasteiger partial charge is 0.297 e. The first-order valence-corrected chi connectivity index (χ1v) is 7.04. The molecule has 3 aromatic rings. The van der Waals surface area contributed by atoms with Crippen LogP contribution in [0.5, 0.6) is 0 Å². The monoisotopic (exact) mass is 325 g/mol. The second-order valence-corrected chi connectivity index (χ2v) is 5.73. The van der Waals surface area contributed by atoms with E-state index < -0.39 is 0 Å². The van der Waals surface area contributed by atoms with Crippen molar-refractivity contribution in [3.8, 4) is 11.8 Å². The van der Waals surface area contributed by atoms with Gasteiger partial charge < -0.3 is 0 Å². The van der Waals surface area contributed by atoms with E-state index in [0.717, 1.165) is 21.2 Å². The van der Waals surface area contributed by atoms with Crippen LogP contribution in [0.1, 0.15) is 16.7 Å². The van der Waals surface area contributed by atoms with E-state index in [1.807, 2.05) is 22.8 Å². The van der Waals surface area contributed by atoms with Gasteiger partial charge >= 0.3 is 0 Å². The quantitative estimate of drug-likeness (QED) is 0.670. The van der Waals surface area contributed by atoms with Crippen LogP contribution in [0.25, 0.3) is 16.7 Å². The maximum absolute atomic E-state index is 9.31. The van der Waals surface area contributed by atoms with Crippen LogP contribution in [0.4, 0.5) is 0 Å². The van der Waals surface area contributed by atoms with E-state index in [0.29, 0.717) is 5.56 Å². The van der Waals surface area contributed by atoms with Gasteiger partial charge in [0.2, 0.25) is 0 Å². The number of nitriles is 1. The molecule has 98 valence electrons. The van der Waals surface area contributed by atoms with Crippen molar-refractivity contribution in [2.24, 2.45) is 0 Å². The van der Waals surface area contributed by atoms with Crippen molar-refractivity contribution >= 4 is 27.0 Å². The van der Waals surface area contributed by atoms with Crippen molar-refractivity contribution in [2.45, 2.75) is 13.8 Å². The SMILES string of the molecule is Cc1cc2ncn(-c3ccc(Br)cc3C#N)c2cc1C. The molecule has 0 saturated carbocycles. The first-order chi connectivity index (χ1) is 9.60. The number of aryl methyl sites for hydroxylation is 2. The molecule has 0 saturated heterocycles. The van der Waals surface area contributed by atoms with Gasteiger partial charge in [0.1, 0.15) is 12.4 Å². The van der Waals surface area contributed by atoms with Gasteiger partial charge in [-0.3, -0.25) is 4.57 Å². The lowest BCUT2D eigenvalue weighted by molar-refractivity contribution is 1.08. The van der Waals surface area contributed by atoms with E-state index in [1.54, 1.807) is 6.33 Å². The van der Waals surface area contributed by atoms with Gasteiger partial charge in [-0.2, -0.15) is 5.26 Å². The molecule has 0 radical (unpaired) electrons. The summed E-state index contributed by atoms with van der Waals surface area (Å²) in [5.41, 5.74) is 5.87. The molecule has 0 aliphatic heterocycles. The Morgan fingerprint density at radius 1 is 1.15 bits per heavy atom. The Bertz CT molecular complexity index is 856. The number of aromatic nitrogens is 2. The van der Waals surface area contributed by atoms with Gasteiger partial charge in [0.25, 0.3) is 0 Å². The first kappa shape index (κ1) is 12.9. The number of hydrogen-bond donors (Lipinski definition) is 0. The van der Waals surface area contributed by atoms with Crippen molar-refractivity contribution in [3.05, 3.63) is 57.8 Å². The summed E-state index contributed by atoms with van der Waals surface area (Å²) in [5.74, 6) is 0. The summed E-state index contributed by atoms with van der Waals surface area (Å²) in [4.78, 5) is 4.44. The van der Waals surface area contributed by atoms with Crippen LogP contribution in [-0.4, -0.2) is 9.55 Å². The molecule has 0 fully saturated rings. The predicted molar refractivity (Wildman–Crippen MR) is 83.0 cm³/mol. The summed E-state index contributed by atoms with van der Waals surface area (Å²) in [7, 11) is 0. The van der Waals surface area contributed by atoms with E-state index in [1.165, 1.54) is 11.1 Å². The Morgan fingerprint density at radius 3 is 2.65 bits per heavy atom. The van der Waals surface area contributed by atoms with Crippen molar-refractivity contribution in [1.82, 2.24) is 9.55 Å². The smallest absolute Gasteiger partial charge is 0.101 e. The molecule has 20 heavy (non-hydrogen) atoms. The average Bonchev–Trinajstić information content (AvgIpc) is 2.82. The molecule has 0 unspecified atom stereocenters. The molecule has 0 aliphatic rings. The topological polar surface area (TPSA) is 41.6 Å². The van der Waals surface area contributed by atoms with Crippen LogP contribution in [-0.2, 0) is 0 Å². The second kappa shape index (κ2) is 4.77. The molecule has 0 bridgehead atoms. The maximum atomic E-state index is 9.31. The molecule has 0 amide bonds. The fourth-order valence-electron chi connectivity index (χ4n) is 2.26. The Labute approximate surface area is 125 Å². The molecular weight excluding hydrogens is 314 g/mol. The Balaban J connectivity index is 2.31. The second-order valence-electron chi connectivity index (χ2n) is 4.81. The molecule has 0 N–H and O–H groups in total. The van der Waals surface area contributed by atoms with E-state index in [-0.39, 0.29) is 0 Å². The fourth-order valence-corrected chi connectivity index (χ4v) is 2.63. The molecule has 0 spiro atoms. The highest BCUT2D eigenvalue weighted by atomic mass is 79.9. The summed E-state index contributed by atoms with van der Waals surface area (Å²) >= 11 is 3.40. The summed E-state index contributed by atoms with van der Waals surface area (Å²) in [6, 6.07) is 12.1. The fraction of sp³-hybridized carbons (Fsp3) is 0.125. The Kier molecular flexibility index (Phi) is 3.07. The molecule has 1 aromatic heterocycles. The molecule has 2 aromatic carbocycles. The molecule has 4 heteroatoms. The van der Waals surface area contributed by atoms with Crippen LogP contribution in [0.3, 0.4) is 0 Å². The lowest BCUT2D eigenvalue weighted by atomic mass is 10.1. The zero-order chi connectivity index (χ0) is 14.3. The van der Waals surface area contributed by atoms with E-state index >= 15 is 0 Å². The first-order valence-electron chi connectivity index (χ1n) is 6.24. The van der Waals surface area contributed by atoms with Gasteiger partial charge in [0, 0.05) is 4.47 Å². The number of imidazole rings is 1. The average molecular weight is 326 g/mol. The van der Waals surface area contributed by atoms with Crippen molar-refractivity contribution < 1.29 is 0 Å². The number of nitrogens with zero attached hydrogens (tertiary/aromatic N) is 3. The highest BCUT2D eigenvalue weighted by Crippen LogP contribution is 2.25. The summed E-state index contributed by atoms with van der Waals surface area (Å²) in [5, 5.41) is 9.31. The zero-order valence-corrected chi connectivity index (χ0v) is 12.8. The molecule has 1 heterocycles. The van der Waals surface area contributed by atoms with Crippen LogP contribution in [0.15, 0.2) is 41.1 Å². The van der Waals surface area contributed by atoms with Gasteiger partial charge in [-0.1, -0.05) is 15.9 Å². The number of benzene rings is 2. The molecule has 3 rings (SSSR count). The van der Waals surface area contributed by atoms with Crippen LogP contribution >= 0.6 is 15.9 Å². The molecule has 3 nitrogen and oxygen atoms in total. The lowest BCUT2D eigenvalue weighted by Crippen LogP contribution is -1.96. The summed E-state index contributed by atoms with van der Waals surface area (Å²) in [6.07, 6.45) is 1.77. The third-order valence-electron chi connectivity index (χ3n) is 3.50. The van der Waals surface area contributed by atoms with Crippen LogP contribution in [0, 0.1) is 25.2 Å². The lowest BCUT2D eigenvalue weighted by Gasteiger charge is -2.08. The van der Waals surface area contributed by atoms with Crippen molar-refractivity contribution in [2.75, 3.05) is 0 Å². The van der Waals surface area contributed by atoms with Gasteiger partial charge in [-0.25, -0.2) is 4.98 Å². The standard InChI is InChI=1S/C16H12BrN3/c1-10-5-14-16(6-11(10)2)20(9-19-14)15-4-3-13(17)7-12(15)8-18/h3-7,9H,1-2H3. The van der Waals surface area contributed by atoms with Crippen molar-refractivity contribution in [3.63, 3.8) is 0 Å². The van der Waals surface area contributed by atoms with Crippen molar-refractivity contribution in [1.29, 1.82) is 5.26 Å². The van der Waals surface area contributed by atoms with Gasteiger partial charge in [0.15, 0.2) is 0 Å². The number of hydrogen-bond acceptors (Lipinski definition) is 2.